The van der Waals surface area contributed by atoms with E-state index in [-0.39, 0.29) is 0 Å². The number of aryl methyl sites for hydroxylation is 1. The van der Waals surface area contributed by atoms with Crippen molar-refractivity contribution in [1.82, 2.24) is 29.7 Å². The molecule has 1 aliphatic heterocycles. The van der Waals surface area contributed by atoms with Crippen molar-refractivity contribution in [1.29, 1.82) is 0 Å². The van der Waals surface area contributed by atoms with E-state index in [4.69, 9.17) is 19.2 Å². The molecule has 0 aliphatic carbocycles. The number of rotatable bonds is 9. The standard InChI is InChI=1S/C31H34N8O3/c1-37-20-22(17-34-37)29-18-33-27-6-5-23(15-28(27)35-29)39(24-13-25(40-2)16-26(14-24)41-3)19-21-8-11-38(12-9-21)31-32-10-7-30(36-31)42-4/h5-7,10,13-18,20-21H,8-9,11-12,19H2,1-4H3. The fourth-order valence-electron chi connectivity index (χ4n) is 5.34. The van der Waals surface area contributed by atoms with Crippen molar-refractivity contribution in [3.05, 3.63) is 67.3 Å². The van der Waals surface area contributed by atoms with Crippen LogP contribution in [-0.4, -0.2) is 70.7 Å². The summed E-state index contributed by atoms with van der Waals surface area (Å²) in [6.07, 6.45) is 9.28. The molecular weight excluding hydrogens is 532 g/mol. The van der Waals surface area contributed by atoms with Crippen LogP contribution in [0.25, 0.3) is 22.3 Å². The molecule has 2 aromatic carbocycles. The van der Waals surface area contributed by atoms with Crippen LogP contribution in [0.5, 0.6) is 17.4 Å². The highest BCUT2D eigenvalue weighted by Gasteiger charge is 2.25. The molecule has 0 spiro atoms. The van der Waals surface area contributed by atoms with E-state index in [2.05, 4.69) is 42.0 Å². The molecule has 42 heavy (non-hydrogen) atoms. The monoisotopic (exact) mass is 566 g/mol. The molecule has 0 amide bonds. The summed E-state index contributed by atoms with van der Waals surface area (Å²) in [5, 5.41) is 4.29. The molecule has 0 saturated carbocycles. The number of hydrogen-bond acceptors (Lipinski definition) is 10. The highest BCUT2D eigenvalue weighted by Crippen LogP contribution is 2.36. The van der Waals surface area contributed by atoms with Gasteiger partial charge in [0.1, 0.15) is 11.5 Å². The van der Waals surface area contributed by atoms with Crippen LogP contribution in [0, 0.1) is 5.92 Å². The molecule has 0 unspecified atom stereocenters. The minimum Gasteiger partial charge on any atom is -0.497 e. The van der Waals surface area contributed by atoms with Gasteiger partial charge in [0.25, 0.3) is 0 Å². The molecule has 1 fully saturated rings. The molecule has 0 N–H and O–H groups in total. The van der Waals surface area contributed by atoms with Gasteiger partial charge in [0, 0.05) is 80.3 Å². The van der Waals surface area contributed by atoms with E-state index < -0.39 is 0 Å². The van der Waals surface area contributed by atoms with Gasteiger partial charge < -0.3 is 24.0 Å². The first-order chi connectivity index (χ1) is 20.5. The Morgan fingerprint density at radius 1 is 0.833 bits per heavy atom. The SMILES string of the molecule is COc1cc(OC)cc(N(CC2CCN(c3nccc(OC)n3)CC2)c2ccc3ncc(-c4cnn(C)c4)nc3c2)c1. The van der Waals surface area contributed by atoms with E-state index in [0.717, 1.165) is 77.6 Å². The Bertz CT molecular complexity index is 1660. The van der Waals surface area contributed by atoms with E-state index in [1.807, 2.05) is 37.5 Å². The summed E-state index contributed by atoms with van der Waals surface area (Å²) in [5.74, 6) is 3.19. The maximum absolute atomic E-state index is 5.62. The van der Waals surface area contributed by atoms with Crippen LogP contribution in [-0.2, 0) is 7.05 Å². The van der Waals surface area contributed by atoms with E-state index >= 15 is 0 Å². The largest absolute Gasteiger partial charge is 0.497 e. The quantitative estimate of drug-likeness (QED) is 0.245. The lowest BCUT2D eigenvalue weighted by molar-refractivity contribution is 0.388. The van der Waals surface area contributed by atoms with Crippen molar-refractivity contribution in [2.75, 3.05) is 50.8 Å². The van der Waals surface area contributed by atoms with Crippen LogP contribution >= 0.6 is 0 Å². The van der Waals surface area contributed by atoms with Gasteiger partial charge in [0.15, 0.2) is 0 Å². The van der Waals surface area contributed by atoms with Gasteiger partial charge in [-0.1, -0.05) is 0 Å². The first-order valence-corrected chi connectivity index (χ1v) is 13.9. The summed E-state index contributed by atoms with van der Waals surface area (Å²) in [6.45, 7) is 2.54. The molecule has 4 heterocycles. The van der Waals surface area contributed by atoms with E-state index in [1.54, 1.807) is 50.7 Å². The van der Waals surface area contributed by atoms with Gasteiger partial charge in [-0.3, -0.25) is 9.67 Å². The zero-order chi connectivity index (χ0) is 29.1. The zero-order valence-electron chi connectivity index (χ0n) is 24.3. The third kappa shape index (κ3) is 5.76. The van der Waals surface area contributed by atoms with Crippen LogP contribution < -0.4 is 24.0 Å². The maximum atomic E-state index is 5.62. The van der Waals surface area contributed by atoms with E-state index in [0.29, 0.717) is 17.7 Å². The number of anilines is 3. The van der Waals surface area contributed by atoms with Gasteiger partial charge in [-0.15, -0.1) is 0 Å². The third-order valence-electron chi connectivity index (χ3n) is 7.65. The smallest absolute Gasteiger partial charge is 0.228 e. The van der Waals surface area contributed by atoms with Gasteiger partial charge in [0.05, 0.1) is 50.5 Å². The lowest BCUT2D eigenvalue weighted by Gasteiger charge is -2.36. The Morgan fingerprint density at radius 2 is 1.62 bits per heavy atom. The Kier molecular flexibility index (Phi) is 7.72. The summed E-state index contributed by atoms with van der Waals surface area (Å²) in [6, 6.07) is 14.0. The normalized spacial score (nSPS) is 13.8. The molecule has 0 atom stereocenters. The predicted octanol–water partition coefficient (Wildman–Crippen LogP) is 4.90. The Morgan fingerprint density at radius 3 is 2.31 bits per heavy atom. The van der Waals surface area contributed by atoms with E-state index in [1.165, 1.54) is 0 Å². The van der Waals surface area contributed by atoms with Crippen LogP contribution in [0.1, 0.15) is 12.8 Å². The van der Waals surface area contributed by atoms with Crippen LogP contribution in [0.2, 0.25) is 0 Å². The lowest BCUT2D eigenvalue weighted by Crippen LogP contribution is -2.38. The number of ether oxygens (including phenoxy) is 3. The average Bonchev–Trinajstić information content (AvgIpc) is 3.49. The van der Waals surface area contributed by atoms with Crippen molar-refractivity contribution in [2.45, 2.75) is 12.8 Å². The molecule has 0 bridgehead atoms. The van der Waals surface area contributed by atoms with Crippen LogP contribution in [0.3, 0.4) is 0 Å². The molecule has 5 aromatic rings. The van der Waals surface area contributed by atoms with Crippen LogP contribution in [0.15, 0.2) is 67.3 Å². The molecule has 11 heteroatoms. The second kappa shape index (κ2) is 11.9. The maximum Gasteiger partial charge on any atom is 0.228 e. The number of nitrogens with zero attached hydrogens (tertiary/aromatic N) is 8. The van der Waals surface area contributed by atoms with Gasteiger partial charge >= 0.3 is 0 Å². The van der Waals surface area contributed by atoms with E-state index in [9.17, 15) is 0 Å². The summed E-state index contributed by atoms with van der Waals surface area (Å²) >= 11 is 0. The molecule has 6 rings (SSSR count). The van der Waals surface area contributed by atoms with Crippen molar-refractivity contribution in [3.8, 4) is 28.6 Å². The number of hydrogen-bond donors (Lipinski definition) is 0. The minimum absolute atomic E-state index is 0.438. The van der Waals surface area contributed by atoms with Crippen molar-refractivity contribution >= 4 is 28.4 Å². The highest BCUT2D eigenvalue weighted by molar-refractivity contribution is 5.82. The Labute approximate surface area is 244 Å². The Balaban J connectivity index is 1.31. The molecule has 1 saturated heterocycles. The number of benzene rings is 2. The second-order valence-corrected chi connectivity index (χ2v) is 10.3. The topological polar surface area (TPSA) is 104 Å². The summed E-state index contributed by atoms with van der Waals surface area (Å²) < 4.78 is 18.3. The summed E-state index contributed by atoms with van der Waals surface area (Å²) in [4.78, 5) is 23.2. The first kappa shape index (κ1) is 27.3. The summed E-state index contributed by atoms with van der Waals surface area (Å²) in [5.41, 5.74) is 5.38. The zero-order valence-corrected chi connectivity index (χ0v) is 24.3. The van der Waals surface area contributed by atoms with Gasteiger partial charge in [-0.25, -0.2) is 9.97 Å². The lowest BCUT2D eigenvalue weighted by atomic mass is 9.95. The molecule has 11 nitrogen and oxygen atoms in total. The fraction of sp³-hybridized carbons (Fsp3) is 0.323. The minimum atomic E-state index is 0.438. The summed E-state index contributed by atoms with van der Waals surface area (Å²) in [7, 11) is 6.86. The Hall–Kier alpha value is -4.93. The molecule has 216 valence electrons. The molecule has 0 radical (unpaired) electrons. The number of aromatic nitrogens is 6. The average molecular weight is 567 g/mol. The predicted molar refractivity (Wildman–Crippen MR) is 162 cm³/mol. The van der Waals surface area contributed by atoms with Gasteiger partial charge in [-0.2, -0.15) is 10.1 Å². The molecule has 3 aromatic heterocycles. The fourth-order valence-corrected chi connectivity index (χ4v) is 5.34. The van der Waals surface area contributed by atoms with Crippen molar-refractivity contribution < 1.29 is 14.2 Å². The number of piperidine rings is 1. The third-order valence-corrected chi connectivity index (χ3v) is 7.65. The van der Waals surface area contributed by atoms with Crippen molar-refractivity contribution in [3.63, 3.8) is 0 Å². The van der Waals surface area contributed by atoms with Crippen LogP contribution in [0.4, 0.5) is 17.3 Å². The molecule has 1 aliphatic rings. The highest BCUT2D eigenvalue weighted by atomic mass is 16.5. The number of fused-ring (bicyclic) bond motifs is 1. The molecular formula is C31H34N8O3. The first-order valence-electron chi connectivity index (χ1n) is 13.9. The van der Waals surface area contributed by atoms with Crippen molar-refractivity contribution in [2.24, 2.45) is 13.0 Å². The number of methoxy groups -OCH3 is 3. The second-order valence-electron chi connectivity index (χ2n) is 10.3. The van der Waals surface area contributed by atoms with Gasteiger partial charge in [0.2, 0.25) is 11.8 Å². The van der Waals surface area contributed by atoms with Gasteiger partial charge in [-0.05, 0) is 37.0 Å².